The van der Waals surface area contributed by atoms with Gasteiger partial charge in [-0.25, -0.2) is 13.0 Å². The number of benzene rings is 1. The first-order chi connectivity index (χ1) is 7.90. The van der Waals surface area contributed by atoms with Crippen LogP contribution in [0.4, 0.5) is 8.78 Å². The van der Waals surface area contributed by atoms with Crippen molar-refractivity contribution in [2.24, 2.45) is 0 Å². The zero-order valence-electron chi connectivity index (χ0n) is 8.57. The Bertz CT molecular complexity index is 531. The van der Waals surface area contributed by atoms with E-state index in [1.165, 1.54) is 0 Å². The molecule has 1 rings (SSSR count). The number of hydrogen-bond acceptors (Lipinski definition) is 5. The summed E-state index contributed by atoms with van der Waals surface area (Å²) in [5, 5.41) is 0. The van der Waals surface area contributed by atoms with Crippen LogP contribution in [-0.2, 0) is 23.4 Å². The molecule has 9 heteroatoms. The van der Waals surface area contributed by atoms with Crippen LogP contribution in [0.2, 0.25) is 0 Å². The maximum absolute atomic E-state index is 13.3. The summed E-state index contributed by atoms with van der Waals surface area (Å²) in [4.78, 5) is -0.893. The molecule has 1 aromatic carbocycles. The first-order valence-corrected chi connectivity index (χ1v) is 6.45. The van der Waals surface area contributed by atoms with E-state index in [-0.39, 0.29) is 0 Å². The van der Waals surface area contributed by atoms with Crippen molar-refractivity contribution >= 4 is 18.8 Å². The fourth-order valence-corrected chi connectivity index (χ4v) is 2.38. The highest BCUT2D eigenvalue weighted by Gasteiger charge is 2.25. The number of hydrogen-bond donors (Lipinski definition) is 0. The smallest absolute Gasteiger partial charge is 0.232 e. The molecule has 0 aliphatic carbocycles. The summed E-state index contributed by atoms with van der Waals surface area (Å²) in [5.74, 6) is -2.01. The first kappa shape index (κ1) is 14.1. The Kier molecular flexibility index (Phi) is 4.64. The SMILES string of the molecule is Cc1c(F)ccc(F)c1S(=O)(=O)OCO[PH+]=O. The van der Waals surface area contributed by atoms with Crippen LogP contribution in [0.15, 0.2) is 17.0 Å². The minimum atomic E-state index is -4.49. The van der Waals surface area contributed by atoms with Crippen molar-refractivity contribution in [3.63, 3.8) is 0 Å². The third-order valence-corrected chi connectivity index (χ3v) is 3.51. The highest BCUT2D eigenvalue weighted by atomic mass is 32.2. The third kappa shape index (κ3) is 3.26. The van der Waals surface area contributed by atoms with Crippen molar-refractivity contribution in [2.75, 3.05) is 6.79 Å². The second kappa shape index (κ2) is 5.59. The zero-order valence-corrected chi connectivity index (χ0v) is 10.4. The van der Waals surface area contributed by atoms with E-state index >= 15 is 0 Å². The Hall–Kier alpha value is -0.950. The Balaban J connectivity index is 3.15. The largest absolute Gasteiger partial charge is 0.496 e. The van der Waals surface area contributed by atoms with Gasteiger partial charge < -0.3 is 0 Å². The molecule has 94 valence electrons. The van der Waals surface area contributed by atoms with Crippen molar-refractivity contribution in [3.05, 3.63) is 29.3 Å². The van der Waals surface area contributed by atoms with Crippen molar-refractivity contribution in [2.45, 2.75) is 11.8 Å². The summed E-state index contributed by atoms with van der Waals surface area (Å²) < 4.78 is 67.7. The zero-order chi connectivity index (χ0) is 13.1. The molecule has 1 atom stereocenters. The van der Waals surface area contributed by atoms with Gasteiger partial charge in [0.25, 0.3) is 0 Å². The van der Waals surface area contributed by atoms with Crippen LogP contribution in [0.25, 0.3) is 0 Å². The van der Waals surface area contributed by atoms with Crippen molar-refractivity contribution in [3.8, 4) is 0 Å². The quantitative estimate of drug-likeness (QED) is 0.357. The van der Waals surface area contributed by atoms with E-state index in [1.807, 2.05) is 0 Å². The number of halogens is 2. The molecule has 0 heterocycles. The lowest BCUT2D eigenvalue weighted by Gasteiger charge is -2.07. The molecule has 1 unspecified atom stereocenters. The first-order valence-electron chi connectivity index (χ1n) is 4.23. The second-order valence-electron chi connectivity index (χ2n) is 2.90. The molecule has 0 N–H and O–H groups in total. The lowest BCUT2D eigenvalue weighted by Crippen LogP contribution is -2.12. The minimum absolute atomic E-state index is 0.394. The second-order valence-corrected chi connectivity index (χ2v) is 4.91. The summed E-state index contributed by atoms with van der Waals surface area (Å²) in [7, 11) is -5.70. The molecule has 0 aliphatic heterocycles. The molecule has 0 saturated carbocycles. The molecule has 0 aromatic heterocycles. The molecule has 0 saturated heterocycles. The molecular weight excluding hydrogens is 277 g/mol. The van der Waals surface area contributed by atoms with Crippen LogP contribution in [0.3, 0.4) is 0 Å². The lowest BCUT2D eigenvalue weighted by atomic mass is 10.2. The van der Waals surface area contributed by atoms with E-state index in [4.69, 9.17) is 0 Å². The Morgan fingerprint density at radius 1 is 1.29 bits per heavy atom. The van der Waals surface area contributed by atoms with Gasteiger partial charge in [-0.1, -0.05) is 0 Å². The summed E-state index contributed by atoms with van der Waals surface area (Å²) in [6.45, 7) is 0.268. The van der Waals surface area contributed by atoms with Gasteiger partial charge in [-0.15, -0.1) is 4.52 Å². The fourth-order valence-electron chi connectivity index (χ4n) is 1.11. The van der Waals surface area contributed by atoms with Gasteiger partial charge in [0.15, 0.2) is 0 Å². The van der Waals surface area contributed by atoms with E-state index in [9.17, 15) is 21.8 Å². The summed E-state index contributed by atoms with van der Waals surface area (Å²) in [6.07, 6.45) is 0. The van der Waals surface area contributed by atoms with Gasteiger partial charge in [-0.3, -0.25) is 0 Å². The summed E-state index contributed by atoms with van der Waals surface area (Å²) >= 11 is 0. The molecular formula is C8H8F2O5PS+. The standard InChI is InChI=1S/C8H8F2O5PS/c1-5-6(9)2-3-7(10)8(5)17(12,13)15-4-14-16-11/h2-3,16H,4H2,1H3/q+1. The third-order valence-electron chi connectivity index (χ3n) is 1.86. The topological polar surface area (TPSA) is 69.7 Å². The average Bonchev–Trinajstić information content (AvgIpc) is 2.24. The normalized spacial score (nSPS) is 11.9. The summed E-state index contributed by atoms with van der Waals surface area (Å²) in [6, 6.07) is 1.48. The average molecular weight is 285 g/mol. The Morgan fingerprint density at radius 2 is 1.88 bits per heavy atom. The molecule has 0 aliphatic rings. The lowest BCUT2D eigenvalue weighted by molar-refractivity contribution is 0.139. The molecule has 0 amide bonds. The minimum Gasteiger partial charge on any atom is -0.232 e. The highest BCUT2D eigenvalue weighted by molar-refractivity contribution is 7.86. The van der Waals surface area contributed by atoms with Crippen LogP contribution >= 0.6 is 8.69 Å². The molecule has 0 radical (unpaired) electrons. The van der Waals surface area contributed by atoms with E-state index in [0.717, 1.165) is 13.0 Å². The van der Waals surface area contributed by atoms with Crippen LogP contribution in [0.5, 0.6) is 0 Å². The van der Waals surface area contributed by atoms with Crippen LogP contribution in [0, 0.1) is 18.6 Å². The maximum Gasteiger partial charge on any atom is 0.496 e. The van der Waals surface area contributed by atoms with Crippen LogP contribution in [0.1, 0.15) is 5.56 Å². The molecule has 0 spiro atoms. The van der Waals surface area contributed by atoms with Crippen molar-refractivity contribution in [1.29, 1.82) is 0 Å². The Morgan fingerprint density at radius 3 is 2.47 bits per heavy atom. The van der Waals surface area contributed by atoms with Crippen LogP contribution < -0.4 is 0 Å². The van der Waals surface area contributed by atoms with Crippen LogP contribution in [-0.4, -0.2) is 15.2 Å². The fraction of sp³-hybridized carbons (Fsp3) is 0.250. The maximum atomic E-state index is 13.3. The van der Waals surface area contributed by atoms with Gasteiger partial charge in [-0.05, 0) is 23.6 Å². The van der Waals surface area contributed by atoms with Gasteiger partial charge in [-0.2, -0.15) is 8.42 Å². The van der Waals surface area contributed by atoms with E-state index in [1.54, 1.807) is 0 Å². The van der Waals surface area contributed by atoms with E-state index in [2.05, 4.69) is 8.71 Å². The molecule has 0 fully saturated rings. The molecule has 0 bridgehead atoms. The molecule has 1 aromatic rings. The van der Waals surface area contributed by atoms with Gasteiger partial charge >= 0.3 is 18.8 Å². The van der Waals surface area contributed by atoms with E-state index < -0.39 is 47.7 Å². The molecule has 5 nitrogen and oxygen atoms in total. The van der Waals surface area contributed by atoms with Crippen molar-refractivity contribution < 1.29 is 30.5 Å². The predicted octanol–water partition coefficient (Wildman–Crippen LogP) is 1.89. The van der Waals surface area contributed by atoms with Gasteiger partial charge in [0, 0.05) is 5.56 Å². The van der Waals surface area contributed by atoms with Crippen molar-refractivity contribution in [1.82, 2.24) is 0 Å². The van der Waals surface area contributed by atoms with Gasteiger partial charge in [0.05, 0.1) is 0 Å². The van der Waals surface area contributed by atoms with Gasteiger partial charge in [0.1, 0.15) is 16.5 Å². The number of rotatable bonds is 5. The predicted molar refractivity (Wildman–Crippen MR) is 54.3 cm³/mol. The summed E-state index contributed by atoms with van der Waals surface area (Å²) in [5.41, 5.74) is -0.394. The van der Waals surface area contributed by atoms with Gasteiger partial charge in [0.2, 0.25) is 6.79 Å². The monoisotopic (exact) mass is 285 g/mol. The Labute approximate surface area is 97.8 Å². The molecule has 17 heavy (non-hydrogen) atoms. The van der Waals surface area contributed by atoms with E-state index in [0.29, 0.717) is 6.07 Å². The highest BCUT2D eigenvalue weighted by Crippen LogP contribution is 2.23.